The first kappa shape index (κ1) is 31.3. The first-order valence-corrected chi connectivity index (χ1v) is 11.8. The fourth-order valence-corrected chi connectivity index (χ4v) is 4.53. The number of halogens is 6. The molecule has 4 rings (SSSR count). The summed E-state index contributed by atoms with van der Waals surface area (Å²) in [5.74, 6) is -4.65. The number of carbonyl (C=O) groups excluding carboxylic acids is 1. The van der Waals surface area contributed by atoms with Gasteiger partial charge in [0.05, 0.1) is 11.8 Å². The molecule has 3 saturated heterocycles. The van der Waals surface area contributed by atoms with Gasteiger partial charge in [0.2, 0.25) is 5.91 Å². The Balaban J connectivity index is 0.000000301. The van der Waals surface area contributed by atoms with Gasteiger partial charge in [-0.2, -0.15) is 26.3 Å². The molecule has 1 aromatic heterocycles. The number of nitrogens with zero attached hydrogens (tertiary/aromatic N) is 3. The van der Waals surface area contributed by atoms with Crippen LogP contribution in [0.4, 0.5) is 26.3 Å². The molecule has 3 atom stereocenters. The Hall–Kier alpha value is -2.94. The van der Waals surface area contributed by atoms with Gasteiger partial charge in [-0.15, -0.1) is 0 Å². The standard InChI is InChI=1S/C19H27N3O2.2C2HF3O2/c23-19(22-9-3-4-10-22)16-7-12-24-18-6-11-21(14-17(16)18)13-15-5-1-2-8-20-15;2*3-2(4,5)1(6)7/h1-2,5,8,16-18H,3-4,6-7,9-14H2;2*(H,6,7)/t16-,17-,18-;;/m1../s1. The van der Waals surface area contributed by atoms with E-state index in [1.165, 1.54) is 0 Å². The minimum Gasteiger partial charge on any atom is -0.475 e. The molecule has 1 aromatic rings. The summed E-state index contributed by atoms with van der Waals surface area (Å²) >= 11 is 0. The van der Waals surface area contributed by atoms with Crippen molar-refractivity contribution in [3.8, 4) is 0 Å². The molecule has 2 N–H and O–H groups in total. The van der Waals surface area contributed by atoms with E-state index in [4.69, 9.17) is 24.5 Å². The third-order valence-corrected chi connectivity index (χ3v) is 6.29. The smallest absolute Gasteiger partial charge is 0.475 e. The molecule has 0 saturated carbocycles. The number of piperidine rings is 1. The largest absolute Gasteiger partial charge is 0.490 e. The summed E-state index contributed by atoms with van der Waals surface area (Å²) in [5.41, 5.74) is 1.11. The van der Waals surface area contributed by atoms with Gasteiger partial charge < -0.3 is 19.8 Å². The molecule has 3 fully saturated rings. The highest BCUT2D eigenvalue weighted by atomic mass is 19.4. The van der Waals surface area contributed by atoms with E-state index in [0.717, 1.165) is 70.7 Å². The molecular formula is C23H29F6N3O6. The van der Waals surface area contributed by atoms with Crippen molar-refractivity contribution in [2.75, 3.05) is 32.8 Å². The third-order valence-electron chi connectivity index (χ3n) is 6.29. The van der Waals surface area contributed by atoms with Crippen LogP contribution in [-0.2, 0) is 25.7 Å². The number of hydrogen-bond donors (Lipinski definition) is 2. The van der Waals surface area contributed by atoms with Gasteiger partial charge in [0.1, 0.15) is 0 Å². The van der Waals surface area contributed by atoms with Crippen molar-refractivity contribution in [1.82, 2.24) is 14.8 Å². The molecule has 0 unspecified atom stereocenters. The van der Waals surface area contributed by atoms with Gasteiger partial charge in [0.15, 0.2) is 0 Å². The number of rotatable bonds is 3. The molecular weight excluding hydrogens is 528 g/mol. The molecule has 214 valence electrons. The highest BCUT2D eigenvalue weighted by Gasteiger charge is 2.43. The average molecular weight is 557 g/mol. The second-order valence-corrected chi connectivity index (χ2v) is 8.95. The van der Waals surface area contributed by atoms with Crippen molar-refractivity contribution >= 4 is 17.8 Å². The van der Waals surface area contributed by atoms with Crippen LogP contribution < -0.4 is 0 Å². The maximum Gasteiger partial charge on any atom is 0.490 e. The summed E-state index contributed by atoms with van der Waals surface area (Å²) in [6, 6.07) is 6.07. The number of carboxylic acids is 2. The first-order valence-electron chi connectivity index (χ1n) is 11.8. The number of carbonyl (C=O) groups is 3. The van der Waals surface area contributed by atoms with Crippen molar-refractivity contribution in [2.24, 2.45) is 11.8 Å². The second kappa shape index (κ2) is 13.7. The molecule has 9 nitrogen and oxygen atoms in total. The fraction of sp³-hybridized carbons (Fsp3) is 0.652. The van der Waals surface area contributed by atoms with Gasteiger partial charge in [-0.05, 0) is 37.8 Å². The molecule has 0 radical (unpaired) electrons. The predicted octanol–water partition coefficient (Wildman–Crippen LogP) is 3.20. The minimum atomic E-state index is -5.08. The zero-order valence-corrected chi connectivity index (χ0v) is 20.2. The number of hydrogen-bond acceptors (Lipinski definition) is 6. The summed E-state index contributed by atoms with van der Waals surface area (Å²) in [5, 5.41) is 14.2. The number of pyridine rings is 1. The summed E-state index contributed by atoms with van der Waals surface area (Å²) in [4.78, 5) is 39.7. The zero-order chi connectivity index (χ0) is 28.5. The van der Waals surface area contributed by atoms with Gasteiger partial charge in [-0.3, -0.25) is 14.7 Å². The number of amides is 1. The Kier molecular flexibility index (Phi) is 11.3. The van der Waals surface area contributed by atoms with Gasteiger partial charge in [-0.1, -0.05) is 6.07 Å². The van der Waals surface area contributed by atoms with Crippen molar-refractivity contribution in [3.63, 3.8) is 0 Å². The molecule has 0 spiro atoms. The number of aliphatic carboxylic acids is 2. The molecule has 0 aromatic carbocycles. The van der Waals surface area contributed by atoms with Crippen LogP contribution in [0.3, 0.4) is 0 Å². The Labute approximate surface area is 214 Å². The van der Waals surface area contributed by atoms with E-state index in [0.29, 0.717) is 11.8 Å². The Morgan fingerprint density at radius 2 is 1.53 bits per heavy atom. The minimum absolute atomic E-state index is 0.147. The molecule has 0 bridgehead atoms. The van der Waals surface area contributed by atoms with E-state index in [9.17, 15) is 31.1 Å². The Morgan fingerprint density at radius 1 is 0.947 bits per heavy atom. The molecule has 38 heavy (non-hydrogen) atoms. The van der Waals surface area contributed by atoms with Crippen LogP contribution in [0, 0.1) is 11.8 Å². The van der Waals surface area contributed by atoms with E-state index >= 15 is 0 Å². The van der Waals surface area contributed by atoms with Gasteiger partial charge >= 0.3 is 24.3 Å². The number of alkyl halides is 6. The summed E-state index contributed by atoms with van der Waals surface area (Å²) in [6.45, 7) is 5.49. The number of ether oxygens (including phenoxy) is 1. The monoisotopic (exact) mass is 557 g/mol. The van der Waals surface area contributed by atoms with E-state index in [2.05, 4.69) is 20.9 Å². The molecule has 0 aliphatic carbocycles. The summed E-state index contributed by atoms with van der Waals surface area (Å²) < 4.78 is 69.5. The van der Waals surface area contributed by atoms with Crippen LogP contribution in [0.1, 0.15) is 31.4 Å². The predicted molar refractivity (Wildman–Crippen MR) is 119 cm³/mol. The SMILES string of the molecule is O=C(O)C(F)(F)F.O=C(O)C(F)(F)F.O=C([C@@H]1CCO[C@@H]2CCN(Cc3ccccn3)C[C@@H]21)N1CCCC1. The third kappa shape index (κ3) is 9.74. The van der Waals surface area contributed by atoms with E-state index < -0.39 is 24.3 Å². The highest BCUT2D eigenvalue weighted by molar-refractivity contribution is 5.79. The van der Waals surface area contributed by atoms with Crippen LogP contribution in [0.15, 0.2) is 24.4 Å². The lowest BCUT2D eigenvalue weighted by Gasteiger charge is -2.45. The first-order chi connectivity index (χ1) is 17.7. The molecule has 1 amide bonds. The van der Waals surface area contributed by atoms with Crippen LogP contribution in [0.2, 0.25) is 0 Å². The van der Waals surface area contributed by atoms with Gasteiger partial charge in [0, 0.05) is 57.4 Å². The van der Waals surface area contributed by atoms with Crippen molar-refractivity contribution in [1.29, 1.82) is 0 Å². The summed E-state index contributed by atoms with van der Waals surface area (Å²) in [6.07, 6.45) is -3.82. The molecule has 15 heteroatoms. The maximum absolute atomic E-state index is 13.0. The topological polar surface area (TPSA) is 120 Å². The van der Waals surface area contributed by atoms with Crippen LogP contribution in [0.5, 0.6) is 0 Å². The van der Waals surface area contributed by atoms with Crippen LogP contribution in [-0.4, -0.2) is 94.1 Å². The number of aromatic nitrogens is 1. The number of fused-ring (bicyclic) bond motifs is 1. The van der Waals surface area contributed by atoms with Crippen molar-refractivity contribution in [2.45, 2.75) is 50.7 Å². The number of carboxylic acid groups (broad SMARTS) is 2. The lowest BCUT2D eigenvalue weighted by Crippen LogP contribution is -2.53. The lowest BCUT2D eigenvalue weighted by atomic mass is 9.78. The van der Waals surface area contributed by atoms with Gasteiger partial charge in [-0.25, -0.2) is 9.59 Å². The molecule has 4 heterocycles. The fourth-order valence-electron chi connectivity index (χ4n) is 4.53. The Bertz CT molecular complexity index is 900. The normalized spacial score (nSPS) is 23.7. The van der Waals surface area contributed by atoms with Crippen molar-refractivity contribution < 1.29 is 55.7 Å². The van der Waals surface area contributed by atoms with Gasteiger partial charge in [0.25, 0.3) is 0 Å². The van der Waals surface area contributed by atoms with Crippen LogP contribution in [0.25, 0.3) is 0 Å². The lowest BCUT2D eigenvalue weighted by molar-refractivity contribution is -0.193. The summed E-state index contributed by atoms with van der Waals surface area (Å²) in [7, 11) is 0. The molecule has 3 aliphatic heterocycles. The average Bonchev–Trinajstić information content (AvgIpc) is 3.39. The van der Waals surface area contributed by atoms with E-state index in [-0.39, 0.29) is 12.0 Å². The Morgan fingerprint density at radius 3 is 2.03 bits per heavy atom. The molecule has 3 aliphatic rings. The second-order valence-electron chi connectivity index (χ2n) is 8.95. The van der Waals surface area contributed by atoms with E-state index in [1.807, 2.05) is 18.3 Å². The number of likely N-dealkylation sites (tertiary alicyclic amines) is 2. The maximum atomic E-state index is 13.0. The van der Waals surface area contributed by atoms with Crippen LogP contribution >= 0.6 is 0 Å². The zero-order valence-electron chi connectivity index (χ0n) is 20.2. The quantitative estimate of drug-likeness (QED) is 0.544. The van der Waals surface area contributed by atoms with Crippen molar-refractivity contribution in [3.05, 3.63) is 30.1 Å². The highest BCUT2D eigenvalue weighted by Crippen LogP contribution is 2.35. The van der Waals surface area contributed by atoms with E-state index in [1.54, 1.807) is 0 Å².